The van der Waals surface area contributed by atoms with Crippen LogP contribution in [0, 0.1) is 0 Å². The van der Waals surface area contributed by atoms with E-state index in [2.05, 4.69) is 122 Å². The number of aliphatic hydroxyl groups excluding tert-OH is 6. The Hall–Kier alpha value is -7.59. The Bertz CT molecular complexity index is 3260. The summed E-state index contributed by atoms with van der Waals surface area (Å²) in [4.78, 5) is 47.4. The van der Waals surface area contributed by atoms with Crippen LogP contribution >= 0.6 is 0 Å². The van der Waals surface area contributed by atoms with Gasteiger partial charge in [0.25, 0.3) is 5.91 Å². The molecule has 0 saturated carbocycles. The fraction of sp³-hybridized carbons (Fsp3) is 0.557. The van der Waals surface area contributed by atoms with E-state index in [-0.39, 0.29) is 45.4 Å². The molecule has 3 aromatic carbocycles. The predicted molar refractivity (Wildman–Crippen MR) is 324 cm³/mol. The third-order valence-corrected chi connectivity index (χ3v) is 17.0. The largest absolute Gasteiger partial charge is 0.456 e. The number of rotatable bonds is 30. The summed E-state index contributed by atoms with van der Waals surface area (Å²) < 4.78 is 40.9. The molecule has 8 N–H and O–H groups in total. The van der Waals surface area contributed by atoms with Gasteiger partial charge in [-0.15, -0.1) is 15.3 Å². The summed E-state index contributed by atoms with van der Waals surface area (Å²) in [5, 5.41) is 94.0. The van der Waals surface area contributed by atoms with E-state index in [9.17, 15) is 45.0 Å². The second-order valence-electron chi connectivity index (χ2n) is 22.8. The third-order valence-electron chi connectivity index (χ3n) is 17.0. The van der Waals surface area contributed by atoms with Gasteiger partial charge in [0.2, 0.25) is 11.8 Å². The van der Waals surface area contributed by atoms with E-state index < -0.39 is 91.7 Å². The molecule has 10 atom stereocenters. The minimum absolute atomic E-state index is 0.0836. The van der Waals surface area contributed by atoms with Gasteiger partial charge in [0.1, 0.15) is 65.7 Å². The molecule has 4 aliphatic rings. The molecular weight excluding hydrogens is 1180 g/mol. The van der Waals surface area contributed by atoms with Gasteiger partial charge in [0, 0.05) is 113 Å². The van der Waals surface area contributed by atoms with Crippen LogP contribution in [-0.2, 0) is 65.0 Å². The Labute approximate surface area is 526 Å². The Morgan fingerprint density at radius 3 is 1.51 bits per heavy atom. The minimum Gasteiger partial charge on any atom is -0.456 e. The van der Waals surface area contributed by atoms with Crippen LogP contribution in [0.5, 0.6) is 11.5 Å². The quantitative estimate of drug-likeness (QED) is 0.0279. The van der Waals surface area contributed by atoms with Gasteiger partial charge in [0.15, 0.2) is 12.5 Å². The summed E-state index contributed by atoms with van der Waals surface area (Å²) in [5.41, 5.74) is 5.75. The molecule has 3 aromatic heterocycles. The van der Waals surface area contributed by atoms with Crippen LogP contribution in [-0.4, -0.2) is 237 Å². The topological polar surface area (TPSA) is 357 Å². The van der Waals surface area contributed by atoms with Gasteiger partial charge >= 0.3 is 0 Å². The highest BCUT2D eigenvalue weighted by Gasteiger charge is 2.56. The molecule has 4 aliphatic heterocycles. The highest BCUT2D eigenvalue weighted by molar-refractivity contribution is 6.02. The molecule has 10 rings (SSSR count). The molecule has 4 unspecified atom stereocenters. The van der Waals surface area contributed by atoms with Gasteiger partial charge in [-0.3, -0.25) is 19.3 Å². The van der Waals surface area contributed by atoms with Crippen LogP contribution in [0.15, 0.2) is 79.3 Å². The maximum Gasteiger partial charge on any atom is 0.255 e. The Morgan fingerprint density at radius 1 is 0.582 bits per heavy atom. The van der Waals surface area contributed by atoms with Crippen molar-refractivity contribution in [1.82, 2.24) is 65.4 Å². The van der Waals surface area contributed by atoms with Gasteiger partial charge in [-0.2, -0.15) is 0 Å². The SMILES string of the molecule is CCN(CC)c1ccc2c(c1)Oc1cc(N(CC)CC)ccc1C21c2ccccc2C(=O)N1CCOCCOCCOCCn1cc(CN(Cc2cn([C@H]3OC(CO)[C@@H](O)[C@H](O)C3NC(C)=O)nn2)Cc2cn([C@H]3OC(CO)[C@H](O)[C@@H](O)C3NC(C)=O)nn2)nn1. The number of benzene rings is 3. The number of anilines is 2. The van der Waals surface area contributed by atoms with Crippen molar-refractivity contribution in [3.8, 4) is 11.5 Å². The van der Waals surface area contributed by atoms with Crippen molar-refractivity contribution in [3.63, 3.8) is 0 Å². The van der Waals surface area contributed by atoms with Gasteiger partial charge in [-0.05, 0) is 51.5 Å². The third kappa shape index (κ3) is 14.1. The van der Waals surface area contributed by atoms with Crippen molar-refractivity contribution in [3.05, 3.63) is 119 Å². The van der Waals surface area contributed by atoms with E-state index >= 15 is 0 Å². The van der Waals surface area contributed by atoms with Crippen molar-refractivity contribution < 1.29 is 73.4 Å². The number of aromatic nitrogens is 9. The zero-order valence-corrected chi connectivity index (χ0v) is 52.0. The minimum atomic E-state index is -1.52. The van der Waals surface area contributed by atoms with Crippen LogP contribution < -0.4 is 25.2 Å². The number of ether oxygens (including phenoxy) is 6. The Balaban J connectivity index is 0.747. The molecule has 91 heavy (non-hydrogen) atoms. The molecule has 1 spiro atoms. The van der Waals surface area contributed by atoms with Crippen molar-refractivity contribution in [2.45, 2.75) is 134 Å². The Kier molecular flexibility index (Phi) is 21.7. The van der Waals surface area contributed by atoms with E-state index in [0.717, 1.165) is 54.2 Å². The predicted octanol–water partition coefficient (Wildman–Crippen LogP) is 0.192. The summed E-state index contributed by atoms with van der Waals surface area (Å²) in [6.45, 7) is 15.8. The maximum absolute atomic E-state index is 14.7. The summed E-state index contributed by atoms with van der Waals surface area (Å²) in [6, 6.07) is 18.2. The summed E-state index contributed by atoms with van der Waals surface area (Å²) >= 11 is 0. The summed E-state index contributed by atoms with van der Waals surface area (Å²) in [6.07, 6.45) is -5.97. The van der Waals surface area contributed by atoms with Crippen LogP contribution in [0.4, 0.5) is 11.4 Å². The monoisotopic (exact) mass is 1270 g/mol. The van der Waals surface area contributed by atoms with E-state index in [4.69, 9.17) is 28.4 Å². The lowest BCUT2D eigenvalue weighted by Crippen LogP contribution is -2.62. The van der Waals surface area contributed by atoms with Gasteiger partial charge in [-0.1, -0.05) is 46.0 Å². The number of aliphatic hydroxyl groups is 6. The number of hydrogen-bond acceptors (Lipinski definition) is 24. The molecule has 3 amide bonds. The van der Waals surface area contributed by atoms with E-state index in [0.29, 0.717) is 67.1 Å². The van der Waals surface area contributed by atoms with E-state index in [1.807, 2.05) is 28.0 Å². The van der Waals surface area contributed by atoms with Crippen molar-refractivity contribution in [1.29, 1.82) is 0 Å². The normalized spacial score (nSPS) is 23.2. The number of amides is 3. The van der Waals surface area contributed by atoms with Crippen molar-refractivity contribution in [2.24, 2.45) is 0 Å². The first-order valence-corrected chi connectivity index (χ1v) is 30.9. The standard InChI is InChI=1S/C61H83N15O15/c1-7-71(8-2)42-15-17-46-48(27-42)89-49-28-43(72(9-3)10-4)16-18-47(49)61(46)45-14-12-11-13-44(45)58(85)74(61)20-22-87-24-26-88-25-23-86-21-19-73-32-39(64-67-73)29-70(30-40-33-75(68-65-40)59-52(62-37(5)79)56(83)54(81)50(35-77)90-59)31-41-34-76(69-66-41)60-53(63-38(6)80)57(84)55(82)51(36-78)91-60/h11-18,27-28,32-34,50-57,59-60,77-78,81-84H,7-10,19-26,29-31,35-36H2,1-6H3,(H,62,79)(H,63,80)/t50?,51?,52?,53?,54-,55+,56-,57+,59-,60-/m0/s1. The van der Waals surface area contributed by atoms with Gasteiger partial charge in [0.05, 0.1) is 88.9 Å². The number of hydrogen-bond donors (Lipinski definition) is 8. The smallest absolute Gasteiger partial charge is 0.255 e. The van der Waals surface area contributed by atoms with Crippen molar-refractivity contribution >= 4 is 29.1 Å². The van der Waals surface area contributed by atoms with Gasteiger partial charge < -0.3 is 84.4 Å². The average Bonchev–Trinajstić information content (AvgIpc) is 1.58. The van der Waals surface area contributed by atoms with E-state index in [1.165, 1.54) is 35.6 Å². The molecule has 0 aliphatic carbocycles. The molecule has 2 saturated heterocycles. The highest BCUT2D eigenvalue weighted by Crippen LogP contribution is 2.58. The lowest BCUT2D eigenvalue weighted by Gasteiger charge is -2.44. The fourth-order valence-corrected chi connectivity index (χ4v) is 12.6. The molecule has 2 fully saturated rings. The number of nitrogens with zero attached hydrogens (tertiary/aromatic N) is 13. The molecular formula is C61H83N15O15. The van der Waals surface area contributed by atoms with E-state index in [1.54, 1.807) is 10.9 Å². The molecule has 0 bridgehead atoms. The maximum atomic E-state index is 14.7. The second kappa shape index (κ2) is 29.8. The molecule has 492 valence electrons. The summed E-state index contributed by atoms with van der Waals surface area (Å²) in [5.74, 6) is 0.317. The first kappa shape index (κ1) is 66.3. The number of nitrogens with one attached hydrogen (secondary N) is 2. The zero-order chi connectivity index (χ0) is 64.5. The fourth-order valence-electron chi connectivity index (χ4n) is 12.6. The molecule has 0 radical (unpaired) electrons. The lowest BCUT2D eigenvalue weighted by atomic mass is 9.74. The number of carbonyl (C=O) groups is 3. The van der Waals surface area contributed by atoms with Crippen LogP contribution in [0.2, 0.25) is 0 Å². The second-order valence-corrected chi connectivity index (χ2v) is 22.8. The average molecular weight is 1270 g/mol. The molecule has 30 nitrogen and oxygen atoms in total. The molecule has 6 aromatic rings. The van der Waals surface area contributed by atoms with Gasteiger partial charge in [-0.25, -0.2) is 14.0 Å². The summed E-state index contributed by atoms with van der Waals surface area (Å²) in [7, 11) is 0. The first-order chi connectivity index (χ1) is 44.0. The highest BCUT2D eigenvalue weighted by atomic mass is 16.6. The van der Waals surface area contributed by atoms with Crippen molar-refractivity contribution in [2.75, 3.05) is 95.4 Å². The number of fused-ring (bicyclic) bond motifs is 6. The zero-order valence-electron chi connectivity index (χ0n) is 52.0. The Morgan fingerprint density at radius 2 is 1.03 bits per heavy atom. The van der Waals surface area contributed by atoms with Crippen LogP contribution in [0.1, 0.15) is 98.1 Å². The molecule has 30 heteroatoms. The first-order valence-electron chi connectivity index (χ1n) is 30.9. The van der Waals surface area contributed by atoms with Crippen LogP contribution in [0.25, 0.3) is 0 Å². The number of carbonyl (C=O) groups excluding carboxylic acids is 3. The molecule has 7 heterocycles. The van der Waals surface area contributed by atoms with Crippen LogP contribution in [0.3, 0.4) is 0 Å². The lowest BCUT2D eigenvalue weighted by molar-refractivity contribution is -0.219.